The molecule has 2 heterocycles. The number of nitrogens with one attached hydrogen (secondary N) is 1. The van der Waals surface area contributed by atoms with Gasteiger partial charge in [-0.2, -0.15) is 0 Å². The fourth-order valence-corrected chi connectivity index (χ4v) is 3.20. The van der Waals surface area contributed by atoms with Gasteiger partial charge in [-0.1, -0.05) is 6.07 Å². The first-order valence-electron chi connectivity index (χ1n) is 8.12. The zero-order valence-electron chi connectivity index (χ0n) is 14.2. The molecule has 0 bridgehead atoms. The number of anilines is 1. The molecule has 1 amide bonds. The van der Waals surface area contributed by atoms with Gasteiger partial charge in [-0.15, -0.1) is 0 Å². The van der Waals surface area contributed by atoms with E-state index in [1.165, 1.54) is 0 Å². The molecule has 0 aliphatic heterocycles. The maximum atomic E-state index is 12.5. The number of carbonyl (C=O) groups is 1. The highest BCUT2D eigenvalue weighted by atomic mass is 16.5. The number of hydrogen-bond donors (Lipinski definition) is 1. The lowest BCUT2D eigenvalue weighted by atomic mass is 10.2. The molecule has 0 radical (unpaired) electrons. The maximum absolute atomic E-state index is 12.5. The van der Waals surface area contributed by atoms with Crippen molar-refractivity contribution in [2.45, 2.75) is 6.54 Å². The first kappa shape index (κ1) is 15.3. The topological polar surface area (TPSA) is 48.2 Å². The van der Waals surface area contributed by atoms with Crippen molar-refractivity contribution >= 4 is 33.4 Å². The summed E-state index contributed by atoms with van der Waals surface area (Å²) in [5, 5.41) is 5.12. The number of nitrogens with zero attached hydrogens (tertiary/aromatic N) is 2. The predicted molar refractivity (Wildman–Crippen MR) is 100 cm³/mol. The highest BCUT2D eigenvalue weighted by molar-refractivity contribution is 6.01. The lowest BCUT2D eigenvalue weighted by Crippen LogP contribution is -2.18. The van der Waals surface area contributed by atoms with Crippen LogP contribution in [0.3, 0.4) is 0 Å². The second-order valence-electron chi connectivity index (χ2n) is 6.08. The van der Waals surface area contributed by atoms with Crippen LogP contribution in [0.4, 0.5) is 5.69 Å². The highest BCUT2D eigenvalue weighted by Crippen LogP contribution is 2.25. The van der Waals surface area contributed by atoms with Crippen molar-refractivity contribution in [1.29, 1.82) is 0 Å². The average molecular weight is 333 g/mol. The normalized spacial score (nSPS) is 11.1. The standard InChI is InChI=1S/C20H19N3O2/c1-22-10-9-16-17(4-3-5-19(16)22)21-20(24)13-23-11-8-14-12-15(25-2)6-7-18(14)23/h3-12H,13H2,1-2H3,(H,21,24). The summed E-state index contributed by atoms with van der Waals surface area (Å²) in [6.07, 6.45) is 3.92. The Bertz CT molecular complexity index is 1080. The number of fused-ring (bicyclic) bond motifs is 2. The van der Waals surface area contributed by atoms with Gasteiger partial charge in [-0.25, -0.2) is 0 Å². The molecular weight excluding hydrogens is 314 g/mol. The molecule has 5 nitrogen and oxygen atoms in total. The molecule has 0 saturated heterocycles. The number of aryl methyl sites for hydroxylation is 1. The average Bonchev–Trinajstić information content (AvgIpc) is 3.19. The summed E-state index contributed by atoms with van der Waals surface area (Å²) in [5.41, 5.74) is 2.94. The first-order chi connectivity index (χ1) is 12.2. The van der Waals surface area contributed by atoms with Gasteiger partial charge in [0.15, 0.2) is 0 Å². The maximum Gasteiger partial charge on any atom is 0.244 e. The third-order valence-electron chi connectivity index (χ3n) is 4.49. The molecule has 4 rings (SSSR count). The number of carbonyl (C=O) groups excluding carboxylic acids is 1. The minimum absolute atomic E-state index is 0.0512. The predicted octanol–water partition coefficient (Wildman–Crippen LogP) is 3.78. The Kier molecular flexibility index (Phi) is 3.69. The van der Waals surface area contributed by atoms with Crippen molar-refractivity contribution in [2.24, 2.45) is 7.05 Å². The fourth-order valence-electron chi connectivity index (χ4n) is 3.20. The van der Waals surface area contributed by atoms with Gasteiger partial charge in [0.2, 0.25) is 5.91 Å². The number of ether oxygens (including phenoxy) is 1. The van der Waals surface area contributed by atoms with Gasteiger partial charge in [-0.05, 0) is 42.5 Å². The number of aromatic nitrogens is 2. The quantitative estimate of drug-likeness (QED) is 0.618. The van der Waals surface area contributed by atoms with Crippen molar-refractivity contribution in [3.8, 4) is 5.75 Å². The molecule has 2 aromatic heterocycles. The van der Waals surface area contributed by atoms with Gasteiger partial charge in [0.05, 0.1) is 12.8 Å². The smallest absolute Gasteiger partial charge is 0.244 e. The molecule has 0 atom stereocenters. The minimum Gasteiger partial charge on any atom is -0.497 e. The molecule has 1 N–H and O–H groups in total. The summed E-state index contributed by atoms with van der Waals surface area (Å²) in [6, 6.07) is 15.8. The van der Waals surface area contributed by atoms with Crippen LogP contribution >= 0.6 is 0 Å². The second kappa shape index (κ2) is 6.02. The van der Waals surface area contributed by atoms with Crippen LogP contribution in [0.25, 0.3) is 21.8 Å². The van der Waals surface area contributed by atoms with Gasteiger partial charge in [-0.3, -0.25) is 4.79 Å². The van der Waals surface area contributed by atoms with E-state index in [9.17, 15) is 4.79 Å². The number of amides is 1. The first-order valence-corrected chi connectivity index (χ1v) is 8.12. The SMILES string of the molecule is COc1ccc2c(ccn2CC(=O)Nc2cccc3c2ccn3C)c1. The molecule has 5 heteroatoms. The van der Waals surface area contributed by atoms with Crippen molar-refractivity contribution in [1.82, 2.24) is 9.13 Å². The summed E-state index contributed by atoms with van der Waals surface area (Å²) in [5.74, 6) is 0.759. The molecule has 4 aromatic rings. The van der Waals surface area contributed by atoms with E-state index in [2.05, 4.69) is 5.32 Å². The Hall–Kier alpha value is -3.21. The van der Waals surface area contributed by atoms with Crippen LogP contribution in [-0.4, -0.2) is 22.2 Å². The molecule has 2 aromatic carbocycles. The van der Waals surface area contributed by atoms with Crippen LogP contribution in [0, 0.1) is 0 Å². The lowest BCUT2D eigenvalue weighted by molar-refractivity contribution is -0.116. The van der Waals surface area contributed by atoms with E-state index in [-0.39, 0.29) is 12.5 Å². The van der Waals surface area contributed by atoms with E-state index in [1.807, 2.05) is 77.1 Å². The van der Waals surface area contributed by atoms with Crippen LogP contribution in [0.1, 0.15) is 0 Å². The molecule has 0 spiro atoms. The van der Waals surface area contributed by atoms with E-state index in [0.717, 1.165) is 33.2 Å². The molecule has 25 heavy (non-hydrogen) atoms. The van der Waals surface area contributed by atoms with Gasteiger partial charge in [0, 0.05) is 41.2 Å². The van der Waals surface area contributed by atoms with E-state index in [0.29, 0.717) is 0 Å². The Morgan fingerprint density at radius 3 is 2.80 bits per heavy atom. The molecule has 0 aliphatic carbocycles. The van der Waals surface area contributed by atoms with E-state index < -0.39 is 0 Å². The van der Waals surface area contributed by atoms with Gasteiger partial charge < -0.3 is 19.2 Å². The van der Waals surface area contributed by atoms with Crippen LogP contribution in [0.5, 0.6) is 5.75 Å². The summed E-state index contributed by atoms with van der Waals surface area (Å²) in [7, 11) is 3.64. The Morgan fingerprint density at radius 1 is 1.08 bits per heavy atom. The molecule has 0 unspecified atom stereocenters. The van der Waals surface area contributed by atoms with E-state index >= 15 is 0 Å². The zero-order valence-corrected chi connectivity index (χ0v) is 14.2. The number of hydrogen-bond acceptors (Lipinski definition) is 2. The van der Waals surface area contributed by atoms with Crippen LogP contribution in [0.15, 0.2) is 60.9 Å². The lowest BCUT2D eigenvalue weighted by Gasteiger charge is -2.09. The van der Waals surface area contributed by atoms with Crippen LogP contribution in [0.2, 0.25) is 0 Å². The number of methoxy groups -OCH3 is 1. The third-order valence-corrected chi connectivity index (χ3v) is 4.49. The van der Waals surface area contributed by atoms with Crippen LogP contribution in [-0.2, 0) is 18.4 Å². The highest BCUT2D eigenvalue weighted by Gasteiger charge is 2.10. The summed E-state index contributed by atoms with van der Waals surface area (Å²) >= 11 is 0. The number of benzene rings is 2. The van der Waals surface area contributed by atoms with E-state index in [1.54, 1.807) is 7.11 Å². The Balaban J connectivity index is 1.58. The van der Waals surface area contributed by atoms with Crippen LogP contribution < -0.4 is 10.1 Å². The van der Waals surface area contributed by atoms with Crippen molar-refractivity contribution in [3.63, 3.8) is 0 Å². The summed E-state index contributed by atoms with van der Waals surface area (Å²) in [6.45, 7) is 0.263. The molecule has 126 valence electrons. The monoisotopic (exact) mass is 333 g/mol. The molecule has 0 fully saturated rings. The largest absolute Gasteiger partial charge is 0.497 e. The minimum atomic E-state index is -0.0512. The van der Waals surface area contributed by atoms with Crippen molar-refractivity contribution in [2.75, 3.05) is 12.4 Å². The van der Waals surface area contributed by atoms with Gasteiger partial charge >= 0.3 is 0 Å². The summed E-state index contributed by atoms with van der Waals surface area (Å²) in [4.78, 5) is 12.5. The van der Waals surface area contributed by atoms with Crippen molar-refractivity contribution in [3.05, 3.63) is 60.9 Å². The molecular formula is C20H19N3O2. The van der Waals surface area contributed by atoms with Gasteiger partial charge in [0.25, 0.3) is 0 Å². The number of rotatable bonds is 4. The van der Waals surface area contributed by atoms with Crippen molar-refractivity contribution < 1.29 is 9.53 Å². The second-order valence-corrected chi connectivity index (χ2v) is 6.08. The summed E-state index contributed by atoms with van der Waals surface area (Å²) < 4.78 is 9.22. The van der Waals surface area contributed by atoms with Gasteiger partial charge in [0.1, 0.15) is 12.3 Å². The molecule has 0 saturated carbocycles. The van der Waals surface area contributed by atoms with E-state index in [4.69, 9.17) is 4.74 Å². The fraction of sp³-hybridized carbons (Fsp3) is 0.150. The molecule has 0 aliphatic rings. The third kappa shape index (κ3) is 2.74. The zero-order chi connectivity index (χ0) is 17.4. The Morgan fingerprint density at radius 2 is 1.96 bits per heavy atom. The Labute approximate surface area is 145 Å².